The summed E-state index contributed by atoms with van der Waals surface area (Å²) in [6.07, 6.45) is 0. The fraction of sp³-hybridized carbons (Fsp3) is 0. The molecule has 0 saturated carbocycles. The fourth-order valence-electron chi connectivity index (χ4n) is 9.81. The summed E-state index contributed by atoms with van der Waals surface area (Å²) in [4.78, 5) is 4.79. The van der Waals surface area contributed by atoms with Crippen LogP contribution in [0.4, 0.5) is 34.1 Å². The Morgan fingerprint density at radius 3 is 1.17 bits per heavy atom. The van der Waals surface area contributed by atoms with E-state index in [0.717, 1.165) is 34.1 Å². The van der Waals surface area contributed by atoms with Crippen molar-refractivity contribution >= 4 is 88.0 Å². The van der Waals surface area contributed by atoms with Crippen LogP contribution in [0.2, 0.25) is 0 Å². The van der Waals surface area contributed by atoms with Crippen molar-refractivity contribution in [1.29, 1.82) is 0 Å². The van der Waals surface area contributed by atoms with E-state index < -0.39 is 0 Å². The number of hydrogen-bond donors (Lipinski definition) is 0. The van der Waals surface area contributed by atoms with Crippen LogP contribution in [0.5, 0.6) is 0 Å². The van der Waals surface area contributed by atoms with Crippen molar-refractivity contribution in [3.8, 4) is 22.3 Å². The molecule has 0 aliphatic carbocycles. The Hall–Kier alpha value is -8.46. The molecule has 12 rings (SSSR count). The van der Waals surface area contributed by atoms with E-state index in [1.54, 1.807) is 0 Å². The quantitative estimate of drug-likeness (QED) is 0.141. The molecular formula is C62H42N2. The van der Waals surface area contributed by atoms with E-state index in [2.05, 4.69) is 265 Å². The van der Waals surface area contributed by atoms with E-state index in [4.69, 9.17) is 0 Å². The number of benzene rings is 12. The number of anilines is 6. The predicted molar refractivity (Wildman–Crippen MR) is 274 cm³/mol. The monoisotopic (exact) mass is 814 g/mol. The highest BCUT2D eigenvalue weighted by Gasteiger charge is 2.23. The van der Waals surface area contributed by atoms with Gasteiger partial charge >= 0.3 is 0 Å². The van der Waals surface area contributed by atoms with E-state index in [1.165, 1.54) is 76.1 Å². The summed E-state index contributed by atoms with van der Waals surface area (Å²) in [5.41, 5.74) is 11.4. The number of fused-ring (bicyclic) bond motifs is 5. The topological polar surface area (TPSA) is 6.48 Å². The van der Waals surface area contributed by atoms with Gasteiger partial charge in [-0.05, 0) is 149 Å². The highest BCUT2D eigenvalue weighted by molar-refractivity contribution is 6.24. The zero-order valence-electron chi connectivity index (χ0n) is 35.1. The van der Waals surface area contributed by atoms with Crippen LogP contribution in [0.3, 0.4) is 0 Å². The van der Waals surface area contributed by atoms with Crippen molar-refractivity contribution in [2.24, 2.45) is 0 Å². The molecule has 2 heteroatoms. The SMILES string of the molecule is c1ccc(-c2c3cc(N(c4ccccc4)c4ccc5ccccc5c4)ccc3c(-c3cccc4ccccc34)c3cc(N(c4ccccc4)c4ccc5ccccc5c4)ccc23)cc1. The lowest BCUT2D eigenvalue weighted by Crippen LogP contribution is -2.10. The molecule has 64 heavy (non-hydrogen) atoms. The minimum Gasteiger partial charge on any atom is -0.310 e. The summed E-state index contributed by atoms with van der Waals surface area (Å²) in [6, 6.07) is 93.0. The molecule has 0 radical (unpaired) electrons. The average molecular weight is 815 g/mol. The molecule has 0 aliphatic rings. The van der Waals surface area contributed by atoms with Gasteiger partial charge in [0.1, 0.15) is 0 Å². The maximum absolute atomic E-state index is 2.43. The van der Waals surface area contributed by atoms with Crippen molar-refractivity contribution in [3.63, 3.8) is 0 Å². The maximum Gasteiger partial charge on any atom is 0.0468 e. The van der Waals surface area contributed by atoms with Crippen LogP contribution in [0.25, 0.3) is 76.1 Å². The molecule has 0 heterocycles. The fourth-order valence-corrected chi connectivity index (χ4v) is 9.81. The molecule has 0 bridgehead atoms. The first-order chi connectivity index (χ1) is 31.7. The number of hydrogen-bond acceptors (Lipinski definition) is 2. The second kappa shape index (κ2) is 15.8. The van der Waals surface area contributed by atoms with Gasteiger partial charge in [-0.3, -0.25) is 0 Å². The molecule has 2 nitrogen and oxygen atoms in total. The Kier molecular flexibility index (Phi) is 9.20. The zero-order valence-corrected chi connectivity index (χ0v) is 35.1. The Morgan fingerprint density at radius 2 is 0.609 bits per heavy atom. The number of para-hydroxylation sites is 2. The van der Waals surface area contributed by atoms with Crippen molar-refractivity contribution in [2.45, 2.75) is 0 Å². The van der Waals surface area contributed by atoms with E-state index in [1.807, 2.05) is 0 Å². The summed E-state index contributed by atoms with van der Waals surface area (Å²) >= 11 is 0. The molecule has 0 saturated heterocycles. The average Bonchev–Trinajstić information content (AvgIpc) is 3.36. The van der Waals surface area contributed by atoms with Gasteiger partial charge in [-0.15, -0.1) is 0 Å². The van der Waals surface area contributed by atoms with Gasteiger partial charge in [0.25, 0.3) is 0 Å². The standard InChI is InChI=1S/C62H42N2/c1-4-20-46(21-5-1)61-57-37-35-54(64(50-27-8-3-9-28-50)52-34-32-44-18-11-13-23-48(44)40-52)42-60(57)62(56-30-16-24-45-19-14-15-29-55(45)56)58-38-36-53(41-59(58)61)63(49-25-6-2-7-26-49)51-33-31-43-17-10-12-22-47(43)39-51/h1-42H. The van der Waals surface area contributed by atoms with Gasteiger partial charge in [0.15, 0.2) is 0 Å². The normalized spacial score (nSPS) is 11.4. The molecule has 0 atom stereocenters. The zero-order chi connectivity index (χ0) is 42.4. The molecule has 12 aromatic carbocycles. The van der Waals surface area contributed by atoms with Crippen LogP contribution in [0.15, 0.2) is 255 Å². The van der Waals surface area contributed by atoms with Gasteiger partial charge in [0.05, 0.1) is 0 Å². The Balaban J connectivity index is 1.18. The molecule has 0 amide bonds. The summed E-state index contributed by atoms with van der Waals surface area (Å²) in [5, 5.41) is 12.1. The highest BCUT2D eigenvalue weighted by atomic mass is 15.1. The van der Waals surface area contributed by atoms with Crippen LogP contribution in [-0.4, -0.2) is 0 Å². The van der Waals surface area contributed by atoms with Crippen LogP contribution in [0, 0.1) is 0 Å². The lowest BCUT2D eigenvalue weighted by atomic mass is 9.84. The minimum atomic E-state index is 1.09. The molecule has 12 aromatic rings. The largest absolute Gasteiger partial charge is 0.310 e. The third-order valence-electron chi connectivity index (χ3n) is 12.7. The predicted octanol–water partition coefficient (Wildman–Crippen LogP) is 17.7. The Bertz CT molecular complexity index is 3670. The third kappa shape index (κ3) is 6.52. The molecule has 0 aliphatic heterocycles. The summed E-state index contributed by atoms with van der Waals surface area (Å²) in [6.45, 7) is 0. The lowest BCUT2D eigenvalue weighted by molar-refractivity contribution is 1.29. The van der Waals surface area contributed by atoms with Crippen molar-refractivity contribution in [1.82, 2.24) is 0 Å². The molecule has 0 aromatic heterocycles. The second-order valence-corrected chi connectivity index (χ2v) is 16.5. The summed E-state index contributed by atoms with van der Waals surface area (Å²) < 4.78 is 0. The first-order valence-electron chi connectivity index (χ1n) is 22.0. The van der Waals surface area contributed by atoms with Gasteiger partial charge in [-0.2, -0.15) is 0 Å². The van der Waals surface area contributed by atoms with Crippen LogP contribution in [0.1, 0.15) is 0 Å². The van der Waals surface area contributed by atoms with Crippen LogP contribution in [-0.2, 0) is 0 Å². The van der Waals surface area contributed by atoms with Gasteiger partial charge < -0.3 is 9.80 Å². The number of nitrogens with zero attached hydrogens (tertiary/aromatic N) is 2. The third-order valence-corrected chi connectivity index (χ3v) is 12.7. The molecule has 0 fully saturated rings. The molecule has 0 N–H and O–H groups in total. The van der Waals surface area contributed by atoms with Crippen molar-refractivity contribution in [2.75, 3.05) is 9.80 Å². The van der Waals surface area contributed by atoms with Crippen LogP contribution < -0.4 is 9.80 Å². The second-order valence-electron chi connectivity index (χ2n) is 16.5. The lowest BCUT2D eigenvalue weighted by Gasteiger charge is -2.28. The highest BCUT2D eigenvalue weighted by Crippen LogP contribution is 2.49. The summed E-state index contributed by atoms with van der Waals surface area (Å²) in [7, 11) is 0. The Labute approximate surface area is 373 Å². The smallest absolute Gasteiger partial charge is 0.0468 e. The first-order valence-corrected chi connectivity index (χ1v) is 22.0. The Morgan fingerprint density at radius 1 is 0.203 bits per heavy atom. The van der Waals surface area contributed by atoms with Gasteiger partial charge in [0, 0.05) is 34.1 Å². The minimum absolute atomic E-state index is 1.09. The van der Waals surface area contributed by atoms with Gasteiger partial charge in [-0.1, -0.05) is 182 Å². The summed E-state index contributed by atoms with van der Waals surface area (Å²) in [5.74, 6) is 0. The van der Waals surface area contributed by atoms with Crippen LogP contribution >= 0.6 is 0 Å². The van der Waals surface area contributed by atoms with Crippen molar-refractivity contribution in [3.05, 3.63) is 255 Å². The van der Waals surface area contributed by atoms with E-state index >= 15 is 0 Å². The molecule has 300 valence electrons. The first kappa shape index (κ1) is 37.3. The molecule has 0 spiro atoms. The van der Waals surface area contributed by atoms with Crippen molar-refractivity contribution < 1.29 is 0 Å². The molecule has 0 unspecified atom stereocenters. The number of rotatable bonds is 8. The maximum atomic E-state index is 2.43. The van der Waals surface area contributed by atoms with E-state index in [9.17, 15) is 0 Å². The van der Waals surface area contributed by atoms with E-state index in [-0.39, 0.29) is 0 Å². The molecular weight excluding hydrogens is 773 g/mol. The van der Waals surface area contributed by atoms with E-state index in [0.29, 0.717) is 0 Å². The van der Waals surface area contributed by atoms with Gasteiger partial charge in [0.2, 0.25) is 0 Å². The van der Waals surface area contributed by atoms with Gasteiger partial charge in [-0.25, -0.2) is 0 Å².